The minimum absolute atomic E-state index is 0.0363. The van der Waals surface area contributed by atoms with Crippen molar-refractivity contribution in [3.05, 3.63) is 29.8 Å². The third-order valence-electron chi connectivity index (χ3n) is 4.75. The van der Waals surface area contributed by atoms with Crippen molar-refractivity contribution in [1.29, 1.82) is 0 Å². The average molecular weight is 354 g/mol. The van der Waals surface area contributed by atoms with Crippen LogP contribution >= 0.6 is 0 Å². The fourth-order valence-corrected chi connectivity index (χ4v) is 4.15. The van der Waals surface area contributed by atoms with Gasteiger partial charge in [0.1, 0.15) is 0 Å². The lowest BCUT2D eigenvalue weighted by Crippen LogP contribution is -2.46. The fourth-order valence-electron chi connectivity index (χ4n) is 3.17. The molecule has 1 spiro atoms. The Morgan fingerprint density at radius 3 is 2.42 bits per heavy atom. The molecule has 3 rings (SSSR count). The Morgan fingerprint density at radius 1 is 1.17 bits per heavy atom. The number of benzene rings is 1. The maximum absolute atomic E-state index is 12.3. The van der Waals surface area contributed by atoms with Crippen molar-refractivity contribution in [3.63, 3.8) is 0 Å². The summed E-state index contributed by atoms with van der Waals surface area (Å²) in [5.74, 6) is -0.414. The van der Waals surface area contributed by atoms with E-state index in [2.05, 4.69) is 13.8 Å². The lowest BCUT2D eigenvalue weighted by atomic mass is 9.94. The van der Waals surface area contributed by atoms with Gasteiger partial charge in [0.25, 0.3) is 10.1 Å². The minimum atomic E-state index is -3.71. The highest BCUT2D eigenvalue weighted by molar-refractivity contribution is 7.86. The van der Waals surface area contributed by atoms with Gasteiger partial charge in [0.2, 0.25) is 0 Å². The maximum atomic E-state index is 12.3. The van der Waals surface area contributed by atoms with E-state index in [0.717, 1.165) is 18.4 Å². The Labute approximate surface area is 144 Å². The Bertz CT molecular complexity index is 668. The third kappa shape index (κ3) is 3.99. The van der Waals surface area contributed by atoms with E-state index in [1.165, 1.54) is 0 Å². The summed E-state index contributed by atoms with van der Waals surface area (Å²) in [6.07, 6.45) is 2.33. The highest BCUT2D eigenvalue weighted by atomic mass is 32.2. The monoisotopic (exact) mass is 354 g/mol. The molecule has 2 fully saturated rings. The van der Waals surface area contributed by atoms with E-state index in [-0.39, 0.29) is 22.8 Å². The summed E-state index contributed by atoms with van der Waals surface area (Å²) in [5, 5.41) is 0. The van der Waals surface area contributed by atoms with Gasteiger partial charge in [-0.25, -0.2) is 0 Å². The van der Waals surface area contributed by atoms with Gasteiger partial charge in [-0.1, -0.05) is 31.5 Å². The van der Waals surface area contributed by atoms with Gasteiger partial charge in [-0.3, -0.25) is 4.18 Å². The summed E-state index contributed by atoms with van der Waals surface area (Å²) in [4.78, 5) is 0.202. The molecule has 1 atom stereocenters. The van der Waals surface area contributed by atoms with Crippen molar-refractivity contribution in [2.24, 2.45) is 11.3 Å². The lowest BCUT2D eigenvalue weighted by molar-refractivity contribution is -0.296. The number of rotatable bonds is 4. The number of hydrogen-bond donors (Lipinski definition) is 0. The van der Waals surface area contributed by atoms with Gasteiger partial charge in [0.05, 0.1) is 24.7 Å². The smallest absolute Gasteiger partial charge is 0.296 e. The molecule has 134 valence electrons. The Balaban J connectivity index is 1.55. The molecule has 5 nitrogen and oxygen atoms in total. The molecule has 0 N–H and O–H groups in total. The molecular weight excluding hydrogens is 328 g/mol. The molecule has 1 aliphatic heterocycles. The Hall–Kier alpha value is -0.950. The van der Waals surface area contributed by atoms with Crippen LogP contribution in [-0.4, -0.2) is 34.0 Å². The SMILES string of the molecule is Cc1ccc(S(=O)(=O)OC[C@H]2CCC3(C2)OCC(C)(C)CO3)cc1. The fraction of sp³-hybridized carbons (Fsp3) is 0.667. The van der Waals surface area contributed by atoms with E-state index in [1.807, 2.05) is 6.92 Å². The van der Waals surface area contributed by atoms with Crippen molar-refractivity contribution in [2.45, 2.75) is 50.7 Å². The molecule has 1 aromatic rings. The van der Waals surface area contributed by atoms with Crippen LogP contribution in [0.3, 0.4) is 0 Å². The number of ether oxygens (including phenoxy) is 2. The van der Waals surface area contributed by atoms with E-state index < -0.39 is 15.9 Å². The minimum Gasteiger partial charge on any atom is -0.349 e. The van der Waals surface area contributed by atoms with Gasteiger partial charge in [-0.05, 0) is 31.4 Å². The predicted octanol–water partition coefficient (Wildman–Crippen LogP) is 3.27. The molecule has 0 aromatic heterocycles. The first kappa shape index (κ1) is 17.9. The van der Waals surface area contributed by atoms with Crippen LogP contribution in [0.25, 0.3) is 0 Å². The first-order valence-electron chi connectivity index (χ1n) is 8.44. The standard InChI is InChI=1S/C18H26O5S/c1-14-4-6-16(7-5-14)24(19,20)23-11-15-8-9-18(10-15)21-12-17(2,3)13-22-18/h4-7,15H,8-13H2,1-3H3/t15-/m0/s1. The molecule has 1 heterocycles. The predicted molar refractivity (Wildman–Crippen MR) is 90.1 cm³/mol. The van der Waals surface area contributed by atoms with Gasteiger partial charge in [0.15, 0.2) is 5.79 Å². The molecule has 1 saturated heterocycles. The molecule has 1 saturated carbocycles. The van der Waals surface area contributed by atoms with Gasteiger partial charge in [-0.2, -0.15) is 8.42 Å². The molecule has 0 bridgehead atoms. The van der Waals surface area contributed by atoms with Crippen molar-refractivity contribution in [1.82, 2.24) is 0 Å². The summed E-state index contributed by atoms with van der Waals surface area (Å²) in [5.41, 5.74) is 1.05. The van der Waals surface area contributed by atoms with Crippen LogP contribution in [0, 0.1) is 18.3 Å². The van der Waals surface area contributed by atoms with E-state index in [4.69, 9.17) is 13.7 Å². The molecule has 0 amide bonds. The topological polar surface area (TPSA) is 61.8 Å². The summed E-state index contributed by atoms with van der Waals surface area (Å²) in [6.45, 7) is 7.66. The van der Waals surface area contributed by atoms with E-state index in [0.29, 0.717) is 19.6 Å². The molecular formula is C18H26O5S. The van der Waals surface area contributed by atoms with Crippen LogP contribution in [0.15, 0.2) is 29.2 Å². The first-order valence-corrected chi connectivity index (χ1v) is 9.85. The van der Waals surface area contributed by atoms with Crippen molar-refractivity contribution < 1.29 is 22.1 Å². The van der Waals surface area contributed by atoms with Crippen LogP contribution in [0.4, 0.5) is 0 Å². The summed E-state index contributed by atoms with van der Waals surface area (Å²) >= 11 is 0. The number of aryl methyl sites for hydroxylation is 1. The molecule has 1 aromatic carbocycles. The molecule has 1 aliphatic carbocycles. The molecule has 0 radical (unpaired) electrons. The van der Waals surface area contributed by atoms with Crippen LogP contribution in [0.2, 0.25) is 0 Å². The maximum Gasteiger partial charge on any atom is 0.296 e. The van der Waals surface area contributed by atoms with Gasteiger partial charge in [0, 0.05) is 18.3 Å². The normalized spacial score (nSPS) is 25.9. The highest BCUT2D eigenvalue weighted by Crippen LogP contribution is 2.43. The van der Waals surface area contributed by atoms with Crippen LogP contribution < -0.4 is 0 Å². The molecule has 2 aliphatic rings. The van der Waals surface area contributed by atoms with Gasteiger partial charge >= 0.3 is 0 Å². The number of hydrogen-bond acceptors (Lipinski definition) is 5. The summed E-state index contributed by atoms with van der Waals surface area (Å²) in [7, 11) is -3.71. The van der Waals surface area contributed by atoms with Crippen LogP contribution in [0.5, 0.6) is 0 Å². The Morgan fingerprint density at radius 2 is 1.79 bits per heavy atom. The van der Waals surface area contributed by atoms with Gasteiger partial charge in [-0.15, -0.1) is 0 Å². The third-order valence-corrected chi connectivity index (χ3v) is 6.05. The van der Waals surface area contributed by atoms with Crippen molar-refractivity contribution >= 4 is 10.1 Å². The second kappa shape index (κ2) is 6.41. The largest absolute Gasteiger partial charge is 0.349 e. The quantitative estimate of drug-likeness (QED) is 0.777. The average Bonchev–Trinajstić information content (AvgIpc) is 2.93. The van der Waals surface area contributed by atoms with Gasteiger partial charge < -0.3 is 9.47 Å². The second-order valence-corrected chi connectivity index (χ2v) is 9.43. The summed E-state index contributed by atoms with van der Waals surface area (Å²) in [6, 6.07) is 6.70. The van der Waals surface area contributed by atoms with E-state index in [9.17, 15) is 8.42 Å². The van der Waals surface area contributed by atoms with Crippen LogP contribution in [0.1, 0.15) is 38.7 Å². The van der Waals surface area contributed by atoms with E-state index in [1.54, 1.807) is 24.3 Å². The molecule has 0 unspecified atom stereocenters. The Kier molecular flexibility index (Phi) is 4.77. The zero-order valence-corrected chi connectivity index (χ0v) is 15.4. The van der Waals surface area contributed by atoms with E-state index >= 15 is 0 Å². The lowest BCUT2D eigenvalue weighted by Gasteiger charge is -2.41. The second-order valence-electron chi connectivity index (χ2n) is 7.81. The molecule has 6 heteroatoms. The molecule has 24 heavy (non-hydrogen) atoms. The van der Waals surface area contributed by atoms with Crippen molar-refractivity contribution in [3.8, 4) is 0 Å². The van der Waals surface area contributed by atoms with Crippen molar-refractivity contribution in [2.75, 3.05) is 19.8 Å². The first-order chi connectivity index (χ1) is 11.2. The summed E-state index contributed by atoms with van der Waals surface area (Å²) < 4.78 is 41.8. The van der Waals surface area contributed by atoms with Crippen LogP contribution in [-0.2, 0) is 23.8 Å². The highest BCUT2D eigenvalue weighted by Gasteiger charge is 2.46. The zero-order chi connectivity index (χ0) is 17.4. The zero-order valence-electron chi connectivity index (χ0n) is 14.6.